The summed E-state index contributed by atoms with van der Waals surface area (Å²) in [5.74, 6) is -0.0248. The van der Waals surface area contributed by atoms with Crippen LogP contribution in [0.2, 0.25) is 0 Å². The van der Waals surface area contributed by atoms with E-state index in [1.165, 1.54) is 0 Å². The van der Waals surface area contributed by atoms with Crippen LogP contribution in [0.1, 0.15) is 12.0 Å². The lowest BCUT2D eigenvalue weighted by molar-refractivity contribution is -0.116. The molecule has 5 heteroatoms. The summed E-state index contributed by atoms with van der Waals surface area (Å²) in [5.41, 5.74) is 8.10. The summed E-state index contributed by atoms with van der Waals surface area (Å²) in [5, 5.41) is 9.13. The molecule has 2 aromatic rings. The van der Waals surface area contributed by atoms with Crippen LogP contribution in [0.3, 0.4) is 0 Å². The summed E-state index contributed by atoms with van der Waals surface area (Å²) >= 11 is 0. The molecule has 1 amide bonds. The van der Waals surface area contributed by atoms with Crippen molar-refractivity contribution in [1.29, 1.82) is 0 Å². The SMILES string of the molecule is Nc1ccc(CCC(=O)Nc2cn[nH]c2)cc1. The summed E-state index contributed by atoms with van der Waals surface area (Å²) in [4.78, 5) is 11.6. The molecule has 0 atom stereocenters. The molecule has 1 heterocycles. The van der Waals surface area contributed by atoms with Gasteiger partial charge in [-0.05, 0) is 24.1 Å². The van der Waals surface area contributed by atoms with Crippen LogP contribution >= 0.6 is 0 Å². The van der Waals surface area contributed by atoms with Crippen molar-refractivity contribution >= 4 is 17.3 Å². The molecule has 4 N–H and O–H groups in total. The number of nitrogens with zero attached hydrogens (tertiary/aromatic N) is 1. The van der Waals surface area contributed by atoms with Gasteiger partial charge in [-0.25, -0.2) is 0 Å². The lowest BCUT2D eigenvalue weighted by atomic mass is 10.1. The lowest BCUT2D eigenvalue weighted by Gasteiger charge is -2.03. The number of anilines is 2. The van der Waals surface area contributed by atoms with Gasteiger partial charge < -0.3 is 11.1 Å². The normalized spacial score (nSPS) is 10.1. The van der Waals surface area contributed by atoms with Crippen molar-refractivity contribution in [2.75, 3.05) is 11.1 Å². The van der Waals surface area contributed by atoms with E-state index < -0.39 is 0 Å². The molecule has 0 bridgehead atoms. The molecule has 5 nitrogen and oxygen atoms in total. The number of rotatable bonds is 4. The van der Waals surface area contributed by atoms with Gasteiger partial charge in [-0.2, -0.15) is 5.10 Å². The number of hydrogen-bond donors (Lipinski definition) is 3. The molecule has 0 fully saturated rings. The monoisotopic (exact) mass is 230 g/mol. The third-order valence-corrected chi connectivity index (χ3v) is 2.40. The van der Waals surface area contributed by atoms with Crippen molar-refractivity contribution in [3.05, 3.63) is 42.2 Å². The van der Waals surface area contributed by atoms with E-state index in [4.69, 9.17) is 5.73 Å². The summed E-state index contributed by atoms with van der Waals surface area (Å²) < 4.78 is 0. The van der Waals surface area contributed by atoms with Gasteiger partial charge in [0.1, 0.15) is 0 Å². The molecule has 0 aliphatic carbocycles. The van der Waals surface area contributed by atoms with E-state index >= 15 is 0 Å². The fourth-order valence-electron chi connectivity index (χ4n) is 1.48. The van der Waals surface area contributed by atoms with Crippen molar-refractivity contribution in [2.24, 2.45) is 0 Å². The topological polar surface area (TPSA) is 83.8 Å². The van der Waals surface area contributed by atoms with Crippen LogP contribution in [0.25, 0.3) is 0 Å². The Labute approximate surface area is 99.0 Å². The van der Waals surface area contributed by atoms with Gasteiger partial charge in [0.15, 0.2) is 0 Å². The molecule has 1 aromatic carbocycles. The van der Waals surface area contributed by atoms with E-state index in [1.54, 1.807) is 12.4 Å². The predicted molar refractivity (Wildman–Crippen MR) is 66.4 cm³/mol. The summed E-state index contributed by atoms with van der Waals surface area (Å²) in [6, 6.07) is 7.54. The third kappa shape index (κ3) is 3.34. The van der Waals surface area contributed by atoms with Gasteiger partial charge in [0, 0.05) is 18.3 Å². The second kappa shape index (κ2) is 5.16. The Morgan fingerprint density at radius 3 is 2.76 bits per heavy atom. The minimum Gasteiger partial charge on any atom is -0.399 e. The number of nitrogens with two attached hydrogens (primary N) is 1. The molecule has 1 aromatic heterocycles. The maximum Gasteiger partial charge on any atom is 0.224 e. The Morgan fingerprint density at radius 1 is 1.35 bits per heavy atom. The summed E-state index contributed by atoms with van der Waals surface area (Å²) in [6.45, 7) is 0. The number of amides is 1. The highest BCUT2D eigenvalue weighted by molar-refractivity contribution is 5.90. The predicted octanol–water partition coefficient (Wildman–Crippen LogP) is 1.56. The number of aromatic amines is 1. The smallest absolute Gasteiger partial charge is 0.224 e. The van der Waals surface area contributed by atoms with E-state index in [0.717, 1.165) is 11.3 Å². The number of carbonyl (C=O) groups excluding carboxylic acids is 1. The van der Waals surface area contributed by atoms with Gasteiger partial charge in [0.25, 0.3) is 0 Å². The second-order valence-corrected chi connectivity index (χ2v) is 3.78. The van der Waals surface area contributed by atoms with Gasteiger partial charge in [-0.3, -0.25) is 9.89 Å². The largest absolute Gasteiger partial charge is 0.399 e. The molecule has 88 valence electrons. The number of H-pyrrole nitrogens is 1. The molecular formula is C12H14N4O. The van der Waals surface area contributed by atoms with Crippen LogP contribution in [0.5, 0.6) is 0 Å². The molecule has 0 unspecified atom stereocenters. The number of aryl methyl sites for hydroxylation is 1. The molecular weight excluding hydrogens is 216 g/mol. The van der Waals surface area contributed by atoms with Gasteiger partial charge in [-0.15, -0.1) is 0 Å². The Morgan fingerprint density at radius 2 is 2.12 bits per heavy atom. The first kappa shape index (κ1) is 11.2. The summed E-state index contributed by atoms with van der Waals surface area (Å²) in [7, 11) is 0. The zero-order valence-corrected chi connectivity index (χ0v) is 9.31. The molecule has 0 aliphatic rings. The van der Waals surface area contributed by atoms with Crippen molar-refractivity contribution in [3.63, 3.8) is 0 Å². The molecule has 2 rings (SSSR count). The fraction of sp³-hybridized carbons (Fsp3) is 0.167. The maximum absolute atomic E-state index is 11.6. The van der Waals surface area contributed by atoms with E-state index in [0.29, 0.717) is 18.5 Å². The first-order chi connectivity index (χ1) is 8.24. The zero-order chi connectivity index (χ0) is 12.1. The van der Waals surface area contributed by atoms with Crippen LogP contribution < -0.4 is 11.1 Å². The molecule has 0 spiro atoms. The molecule has 0 radical (unpaired) electrons. The van der Waals surface area contributed by atoms with Crippen LogP contribution in [-0.4, -0.2) is 16.1 Å². The average molecular weight is 230 g/mol. The highest BCUT2D eigenvalue weighted by Gasteiger charge is 2.03. The molecule has 0 saturated carbocycles. The number of aromatic nitrogens is 2. The van der Waals surface area contributed by atoms with E-state index in [9.17, 15) is 4.79 Å². The van der Waals surface area contributed by atoms with Crippen LogP contribution in [0.15, 0.2) is 36.7 Å². The maximum atomic E-state index is 11.6. The standard InChI is InChI=1S/C12H14N4O/c13-10-4-1-9(2-5-10)3-6-12(17)16-11-7-14-15-8-11/h1-2,4-5,7-8H,3,6,13H2,(H,14,15)(H,16,17). The Bertz CT molecular complexity index is 476. The lowest BCUT2D eigenvalue weighted by Crippen LogP contribution is -2.11. The first-order valence-corrected chi connectivity index (χ1v) is 5.37. The Kier molecular flexibility index (Phi) is 3.40. The van der Waals surface area contributed by atoms with E-state index in [1.807, 2.05) is 24.3 Å². The van der Waals surface area contributed by atoms with Gasteiger partial charge in [-0.1, -0.05) is 12.1 Å². The first-order valence-electron chi connectivity index (χ1n) is 5.37. The van der Waals surface area contributed by atoms with E-state index in [2.05, 4.69) is 15.5 Å². The second-order valence-electron chi connectivity index (χ2n) is 3.78. The number of carbonyl (C=O) groups is 1. The van der Waals surface area contributed by atoms with Crippen molar-refractivity contribution < 1.29 is 4.79 Å². The minimum absolute atomic E-state index is 0.0248. The Hall–Kier alpha value is -2.30. The van der Waals surface area contributed by atoms with Gasteiger partial charge in [0.2, 0.25) is 5.91 Å². The van der Waals surface area contributed by atoms with Crippen LogP contribution in [-0.2, 0) is 11.2 Å². The molecule has 0 aliphatic heterocycles. The summed E-state index contributed by atoms with van der Waals surface area (Å²) in [6.07, 6.45) is 4.35. The highest BCUT2D eigenvalue weighted by atomic mass is 16.1. The highest BCUT2D eigenvalue weighted by Crippen LogP contribution is 2.09. The number of nitrogens with one attached hydrogen (secondary N) is 2. The average Bonchev–Trinajstić information content (AvgIpc) is 2.81. The number of benzene rings is 1. The van der Waals surface area contributed by atoms with Crippen LogP contribution in [0.4, 0.5) is 11.4 Å². The van der Waals surface area contributed by atoms with Crippen molar-refractivity contribution in [1.82, 2.24) is 10.2 Å². The molecule has 17 heavy (non-hydrogen) atoms. The quantitative estimate of drug-likeness (QED) is 0.697. The van der Waals surface area contributed by atoms with Gasteiger partial charge >= 0.3 is 0 Å². The van der Waals surface area contributed by atoms with Crippen molar-refractivity contribution in [3.8, 4) is 0 Å². The Balaban J connectivity index is 1.82. The fourth-order valence-corrected chi connectivity index (χ4v) is 1.48. The number of hydrogen-bond acceptors (Lipinski definition) is 3. The molecule has 0 saturated heterocycles. The van der Waals surface area contributed by atoms with Crippen molar-refractivity contribution in [2.45, 2.75) is 12.8 Å². The van der Waals surface area contributed by atoms with E-state index in [-0.39, 0.29) is 5.91 Å². The third-order valence-electron chi connectivity index (χ3n) is 2.40. The minimum atomic E-state index is -0.0248. The number of nitrogen functional groups attached to an aromatic ring is 1. The van der Waals surface area contributed by atoms with Crippen LogP contribution in [0, 0.1) is 0 Å². The van der Waals surface area contributed by atoms with Gasteiger partial charge in [0.05, 0.1) is 11.9 Å². The zero-order valence-electron chi connectivity index (χ0n) is 9.31.